The second kappa shape index (κ2) is 4.51. The van der Waals surface area contributed by atoms with Gasteiger partial charge in [-0.1, -0.05) is 17.7 Å². The van der Waals surface area contributed by atoms with E-state index in [0.29, 0.717) is 11.7 Å². The summed E-state index contributed by atoms with van der Waals surface area (Å²) >= 11 is 0. The maximum absolute atomic E-state index is 12.7. The fraction of sp³-hybridized carbons (Fsp3) is 0.562. The number of fused-ring (bicyclic) bond motifs is 3. The first kappa shape index (κ1) is 11.9. The molecule has 3 aliphatic rings. The number of piperidine rings is 3. The highest BCUT2D eigenvalue weighted by molar-refractivity contribution is 5.99. The predicted molar refractivity (Wildman–Crippen MR) is 72.9 cm³/mol. The highest BCUT2D eigenvalue weighted by Crippen LogP contribution is 2.34. The minimum Gasteiger partial charge on any atom is -0.303 e. The van der Waals surface area contributed by atoms with Crippen LogP contribution >= 0.6 is 0 Å². The van der Waals surface area contributed by atoms with Crippen LogP contribution in [0.1, 0.15) is 34.3 Å². The van der Waals surface area contributed by atoms with Gasteiger partial charge in [0.15, 0.2) is 5.78 Å². The van der Waals surface area contributed by atoms with Crippen LogP contribution in [0.5, 0.6) is 0 Å². The molecule has 2 nitrogen and oxygen atoms in total. The van der Waals surface area contributed by atoms with Gasteiger partial charge in [-0.15, -0.1) is 0 Å². The summed E-state index contributed by atoms with van der Waals surface area (Å²) in [6.45, 7) is 7.49. The summed E-state index contributed by atoms with van der Waals surface area (Å²) in [4.78, 5) is 15.2. The van der Waals surface area contributed by atoms with E-state index in [4.69, 9.17) is 0 Å². The summed E-state index contributed by atoms with van der Waals surface area (Å²) in [5, 5.41) is 0. The smallest absolute Gasteiger partial charge is 0.167 e. The first-order chi connectivity index (χ1) is 8.65. The van der Waals surface area contributed by atoms with Crippen molar-refractivity contribution in [2.24, 2.45) is 11.8 Å². The Morgan fingerprint density at radius 2 is 1.94 bits per heavy atom. The lowest BCUT2D eigenvalue weighted by atomic mass is 9.75. The summed E-state index contributed by atoms with van der Waals surface area (Å²) in [5.74, 6) is 1.25. The number of nitrogens with zero attached hydrogens (tertiary/aromatic N) is 1. The van der Waals surface area contributed by atoms with Gasteiger partial charge in [-0.2, -0.15) is 0 Å². The van der Waals surface area contributed by atoms with Crippen LogP contribution in [-0.2, 0) is 0 Å². The summed E-state index contributed by atoms with van der Waals surface area (Å²) in [5.41, 5.74) is 3.26. The molecule has 3 aliphatic heterocycles. The molecule has 0 N–H and O–H groups in total. The number of benzene rings is 1. The highest BCUT2D eigenvalue weighted by atomic mass is 16.1. The highest BCUT2D eigenvalue weighted by Gasteiger charge is 2.38. The third kappa shape index (κ3) is 1.99. The average molecular weight is 243 g/mol. The van der Waals surface area contributed by atoms with Crippen LogP contribution in [0.25, 0.3) is 0 Å². The lowest BCUT2D eigenvalue weighted by Gasteiger charge is -2.44. The van der Waals surface area contributed by atoms with Crippen molar-refractivity contribution in [3.63, 3.8) is 0 Å². The molecule has 18 heavy (non-hydrogen) atoms. The normalized spacial score (nSPS) is 30.4. The lowest BCUT2D eigenvalue weighted by Crippen LogP contribution is -2.50. The number of aryl methyl sites for hydroxylation is 2. The molecule has 0 aliphatic carbocycles. The van der Waals surface area contributed by atoms with Gasteiger partial charge in [0.1, 0.15) is 0 Å². The summed E-state index contributed by atoms with van der Waals surface area (Å²) in [6, 6.07) is 6.22. The Labute approximate surface area is 109 Å². The van der Waals surface area contributed by atoms with Gasteiger partial charge < -0.3 is 4.90 Å². The van der Waals surface area contributed by atoms with Crippen LogP contribution < -0.4 is 0 Å². The zero-order chi connectivity index (χ0) is 12.7. The second-order valence-electron chi connectivity index (χ2n) is 5.93. The van der Waals surface area contributed by atoms with Gasteiger partial charge in [-0.05, 0) is 57.3 Å². The van der Waals surface area contributed by atoms with Gasteiger partial charge in [0.2, 0.25) is 0 Å². The molecule has 1 atom stereocenters. The number of hydrogen-bond donors (Lipinski definition) is 0. The van der Waals surface area contributed by atoms with Crippen LogP contribution in [0.15, 0.2) is 18.2 Å². The van der Waals surface area contributed by atoms with E-state index in [1.54, 1.807) is 0 Å². The Kier molecular flexibility index (Phi) is 2.98. The van der Waals surface area contributed by atoms with Crippen molar-refractivity contribution in [2.75, 3.05) is 19.6 Å². The van der Waals surface area contributed by atoms with Crippen LogP contribution in [0.2, 0.25) is 0 Å². The third-order valence-corrected chi connectivity index (χ3v) is 4.65. The Morgan fingerprint density at radius 3 is 2.56 bits per heavy atom. The van der Waals surface area contributed by atoms with Gasteiger partial charge in [0.05, 0.1) is 0 Å². The molecule has 0 saturated carbocycles. The van der Waals surface area contributed by atoms with E-state index in [9.17, 15) is 4.79 Å². The van der Waals surface area contributed by atoms with Crippen LogP contribution in [-0.4, -0.2) is 30.3 Å². The number of carbonyl (C=O) groups is 1. The predicted octanol–water partition coefficient (Wildman–Crippen LogP) is 2.83. The molecule has 0 spiro atoms. The SMILES string of the molecule is Cc1ccc(C)c(C(=O)C2CN3CCC2CC3)c1. The van der Waals surface area contributed by atoms with Crippen molar-refractivity contribution >= 4 is 5.78 Å². The van der Waals surface area contributed by atoms with Crippen molar-refractivity contribution in [1.29, 1.82) is 0 Å². The molecule has 1 unspecified atom stereocenters. The summed E-state index contributed by atoms with van der Waals surface area (Å²) < 4.78 is 0. The summed E-state index contributed by atoms with van der Waals surface area (Å²) in [6.07, 6.45) is 2.42. The van der Waals surface area contributed by atoms with E-state index >= 15 is 0 Å². The minimum atomic E-state index is 0.244. The largest absolute Gasteiger partial charge is 0.303 e. The topological polar surface area (TPSA) is 20.3 Å². The number of Topliss-reactive ketones (excluding diaryl/α,β-unsaturated/α-hetero) is 1. The average Bonchev–Trinajstić information content (AvgIpc) is 2.42. The van der Waals surface area contributed by atoms with Crippen molar-refractivity contribution < 1.29 is 4.79 Å². The maximum atomic E-state index is 12.7. The van der Waals surface area contributed by atoms with Gasteiger partial charge in [-0.3, -0.25) is 4.79 Å². The van der Waals surface area contributed by atoms with E-state index in [1.807, 2.05) is 6.92 Å². The first-order valence-corrected chi connectivity index (χ1v) is 6.99. The minimum absolute atomic E-state index is 0.244. The van der Waals surface area contributed by atoms with Crippen LogP contribution in [0.4, 0.5) is 0 Å². The van der Waals surface area contributed by atoms with Crippen LogP contribution in [0, 0.1) is 25.7 Å². The van der Waals surface area contributed by atoms with E-state index in [2.05, 4.69) is 30.0 Å². The van der Waals surface area contributed by atoms with Crippen molar-refractivity contribution in [1.82, 2.24) is 4.90 Å². The fourth-order valence-electron chi connectivity index (χ4n) is 3.46. The zero-order valence-electron chi connectivity index (χ0n) is 11.3. The molecule has 0 aromatic heterocycles. The summed E-state index contributed by atoms with van der Waals surface area (Å²) in [7, 11) is 0. The molecular weight excluding hydrogens is 222 g/mol. The Hall–Kier alpha value is -1.15. The number of carbonyl (C=O) groups excluding carboxylic acids is 1. The van der Waals surface area contributed by atoms with E-state index < -0.39 is 0 Å². The number of hydrogen-bond acceptors (Lipinski definition) is 2. The molecule has 3 fully saturated rings. The molecule has 2 heteroatoms. The second-order valence-corrected chi connectivity index (χ2v) is 5.93. The zero-order valence-corrected chi connectivity index (χ0v) is 11.3. The van der Waals surface area contributed by atoms with Gasteiger partial charge in [0.25, 0.3) is 0 Å². The third-order valence-electron chi connectivity index (χ3n) is 4.65. The van der Waals surface area contributed by atoms with Gasteiger partial charge in [-0.25, -0.2) is 0 Å². The number of rotatable bonds is 2. The first-order valence-electron chi connectivity index (χ1n) is 6.99. The van der Waals surface area contributed by atoms with E-state index in [-0.39, 0.29) is 5.92 Å². The monoisotopic (exact) mass is 243 g/mol. The molecule has 1 aromatic rings. The molecule has 3 saturated heterocycles. The molecule has 1 aromatic carbocycles. The fourth-order valence-corrected chi connectivity index (χ4v) is 3.46. The van der Waals surface area contributed by atoms with Crippen molar-refractivity contribution in [3.8, 4) is 0 Å². The molecule has 3 heterocycles. The molecule has 4 rings (SSSR count). The molecule has 0 amide bonds. The standard InChI is InChI=1S/C16H21NO/c1-11-3-4-12(2)14(9-11)16(18)15-10-17-7-5-13(15)6-8-17/h3-4,9,13,15H,5-8,10H2,1-2H3. The Morgan fingerprint density at radius 1 is 1.22 bits per heavy atom. The Balaban J connectivity index is 1.88. The molecule has 2 bridgehead atoms. The van der Waals surface area contributed by atoms with Crippen molar-refractivity contribution in [3.05, 3.63) is 34.9 Å². The maximum Gasteiger partial charge on any atom is 0.167 e. The lowest BCUT2D eigenvalue weighted by molar-refractivity contribution is 0.0418. The number of ketones is 1. The van der Waals surface area contributed by atoms with Gasteiger partial charge >= 0.3 is 0 Å². The van der Waals surface area contributed by atoms with E-state index in [0.717, 1.165) is 17.7 Å². The van der Waals surface area contributed by atoms with Crippen molar-refractivity contribution in [2.45, 2.75) is 26.7 Å². The quantitative estimate of drug-likeness (QED) is 0.744. The molecule has 0 radical (unpaired) electrons. The molecule has 96 valence electrons. The van der Waals surface area contributed by atoms with Crippen LogP contribution in [0.3, 0.4) is 0 Å². The van der Waals surface area contributed by atoms with E-state index in [1.165, 1.54) is 31.5 Å². The molecular formula is C16H21NO. The Bertz CT molecular complexity index is 472. The van der Waals surface area contributed by atoms with Gasteiger partial charge in [0, 0.05) is 18.0 Å².